The van der Waals surface area contributed by atoms with E-state index in [4.69, 9.17) is 23.2 Å². The maximum absolute atomic E-state index is 6.68. The summed E-state index contributed by atoms with van der Waals surface area (Å²) in [5.74, 6) is 7.95. The highest BCUT2D eigenvalue weighted by molar-refractivity contribution is 6.51. The van der Waals surface area contributed by atoms with Crippen LogP contribution in [0.3, 0.4) is 0 Å². The molecule has 2 heteroatoms. The zero-order valence-electron chi connectivity index (χ0n) is 10.4. The van der Waals surface area contributed by atoms with Gasteiger partial charge in [-0.2, -0.15) is 0 Å². The van der Waals surface area contributed by atoms with Gasteiger partial charge in [-0.25, -0.2) is 0 Å². The van der Waals surface area contributed by atoms with Crippen molar-refractivity contribution in [2.45, 2.75) is 36.4 Å². The van der Waals surface area contributed by atoms with Crippen molar-refractivity contribution in [3.63, 3.8) is 0 Å². The van der Waals surface area contributed by atoms with Crippen molar-refractivity contribution >= 4 is 23.2 Å². The van der Waals surface area contributed by atoms with Crippen LogP contribution in [0.5, 0.6) is 0 Å². The molecule has 0 saturated heterocycles. The molecule has 0 aromatic carbocycles. The van der Waals surface area contributed by atoms with E-state index in [0.29, 0.717) is 17.3 Å². The number of fused-ring (bicyclic) bond motifs is 10. The molecule has 7 aliphatic rings. The molecule has 0 heterocycles. The summed E-state index contributed by atoms with van der Waals surface area (Å²) in [6.07, 6.45) is 7.64. The molecule has 0 radical (unpaired) electrons. The second-order valence-corrected chi connectivity index (χ2v) is 10.3. The van der Waals surface area contributed by atoms with E-state index >= 15 is 0 Å². The second-order valence-electron chi connectivity index (χ2n) is 8.86. The number of hydrogen-bond acceptors (Lipinski definition) is 0. The third-order valence-electron chi connectivity index (χ3n) is 8.82. The van der Waals surface area contributed by atoms with Gasteiger partial charge in [0.1, 0.15) is 4.33 Å². The predicted octanol–water partition coefficient (Wildman–Crippen LogP) is 4.11. The Balaban J connectivity index is 1.47. The van der Waals surface area contributed by atoms with Gasteiger partial charge in [0.2, 0.25) is 0 Å². The van der Waals surface area contributed by atoms with Gasteiger partial charge >= 0.3 is 0 Å². The van der Waals surface area contributed by atoms with Crippen LogP contribution in [0, 0.1) is 58.2 Å². The molecule has 96 valence electrons. The van der Waals surface area contributed by atoms with E-state index in [1.54, 1.807) is 19.3 Å². The maximum Gasteiger partial charge on any atom is 0.125 e. The average molecular weight is 281 g/mol. The standard InChI is InChI=1S/C16H18Cl2/c17-16(18)12-8-9-6-5-7(6)10(14(9)1-2-14)11(8)15(3-4-15)13(12)16/h6-13H,1-5H2/t6-,7+,8-,9-,10+,11+,12-,13+/m1/s1. The lowest BCUT2D eigenvalue weighted by atomic mass is 9.72. The molecule has 2 spiro atoms. The summed E-state index contributed by atoms with van der Waals surface area (Å²) < 4.78 is -0.303. The summed E-state index contributed by atoms with van der Waals surface area (Å²) in [5, 5.41) is 0. The predicted molar refractivity (Wildman–Crippen MR) is 70.3 cm³/mol. The topological polar surface area (TPSA) is 0 Å². The fourth-order valence-electron chi connectivity index (χ4n) is 8.46. The zero-order chi connectivity index (χ0) is 11.7. The first-order valence-corrected chi connectivity index (χ1v) is 8.76. The van der Waals surface area contributed by atoms with Gasteiger partial charge in [-0.3, -0.25) is 0 Å². The van der Waals surface area contributed by atoms with Gasteiger partial charge in [0.15, 0.2) is 0 Å². The van der Waals surface area contributed by atoms with Gasteiger partial charge in [0.25, 0.3) is 0 Å². The molecular weight excluding hydrogens is 263 g/mol. The second kappa shape index (κ2) is 2.13. The largest absolute Gasteiger partial charge is 0.125 e. The van der Waals surface area contributed by atoms with Crippen molar-refractivity contribution in [3.05, 3.63) is 0 Å². The van der Waals surface area contributed by atoms with Crippen molar-refractivity contribution in [2.24, 2.45) is 58.2 Å². The van der Waals surface area contributed by atoms with E-state index in [2.05, 4.69) is 0 Å². The van der Waals surface area contributed by atoms with Crippen molar-refractivity contribution in [1.29, 1.82) is 0 Å². The molecule has 8 atom stereocenters. The normalized spacial score (nSPS) is 71.0. The molecular formula is C16H18Cl2. The van der Waals surface area contributed by atoms with Gasteiger partial charge in [-0.15, -0.1) is 23.2 Å². The van der Waals surface area contributed by atoms with Crippen molar-refractivity contribution in [2.75, 3.05) is 0 Å². The molecule has 2 bridgehead atoms. The Hall–Kier alpha value is 0.580. The van der Waals surface area contributed by atoms with E-state index in [1.807, 2.05) is 0 Å². The highest BCUT2D eigenvalue weighted by atomic mass is 35.5. The van der Waals surface area contributed by atoms with E-state index < -0.39 is 0 Å². The van der Waals surface area contributed by atoms with Crippen LogP contribution in [0.2, 0.25) is 0 Å². The third-order valence-corrected chi connectivity index (χ3v) is 9.79. The Morgan fingerprint density at radius 3 is 2.06 bits per heavy atom. The Bertz CT molecular complexity index is 515. The Morgan fingerprint density at radius 2 is 1.39 bits per heavy atom. The summed E-state index contributed by atoms with van der Waals surface area (Å²) in [7, 11) is 0. The first-order valence-electron chi connectivity index (χ1n) is 8.01. The monoisotopic (exact) mass is 280 g/mol. The summed E-state index contributed by atoms with van der Waals surface area (Å²) in [4.78, 5) is 0. The average Bonchev–Trinajstić information content (AvgIpc) is 3.12. The minimum absolute atomic E-state index is 0.303. The molecule has 0 unspecified atom stereocenters. The quantitative estimate of drug-likeness (QED) is 0.586. The molecule has 7 fully saturated rings. The first kappa shape index (κ1) is 9.50. The highest BCUT2D eigenvalue weighted by Crippen LogP contribution is 2.97. The van der Waals surface area contributed by atoms with E-state index in [9.17, 15) is 0 Å². The minimum atomic E-state index is -0.303. The van der Waals surface area contributed by atoms with Gasteiger partial charge in [0.05, 0.1) is 0 Å². The Labute approximate surface area is 118 Å². The molecule has 7 aliphatic carbocycles. The van der Waals surface area contributed by atoms with Gasteiger partial charge in [-0.1, -0.05) is 0 Å². The first-order chi connectivity index (χ1) is 8.63. The van der Waals surface area contributed by atoms with Gasteiger partial charge < -0.3 is 0 Å². The fraction of sp³-hybridized carbons (Fsp3) is 1.00. The van der Waals surface area contributed by atoms with Crippen molar-refractivity contribution in [3.8, 4) is 0 Å². The van der Waals surface area contributed by atoms with Crippen LogP contribution in [0.25, 0.3) is 0 Å². The molecule has 7 rings (SSSR count). The minimum Gasteiger partial charge on any atom is -0.101 e. The van der Waals surface area contributed by atoms with Gasteiger partial charge in [-0.05, 0) is 78.4 Å². The molecule has 0 nitrogen and oxygen atoms in total. The highest BCUT2D eigenvalue weighted by Gasteiger charge is 2.93. The van der Waals surface area contributed by atoms with Crippen LogP contribution in [-0.2, 0) is 0 Å². The summed E-state index contributed by atoms with van der Waals surface area (Å²) in [5.41, 5.74) is 1.50. The van der Waals surface area contributed by atoms with Gasteiger partial charge in [0, 0.05) is 11.8 Å². The number of alkyl halides is 2. The summed E-state index contributed by atoms with van der Waals surface area (Å²) in [6.45, 7) is 0. The van der Waals surface area contributed by atoms with E-state index in [0.717, 1.165) is 40.9 Å². The summed E-state index contributed by atoms with van der Waals surface area (Å²) in [6, 6.07) is 0. The smallest absolute Gasteiger partial charge is 0.101 e. The van der Waals surface area contributed by atoms with Crippen LogP contribution in [0.15, 0.2) is 0 Å². The molecule has 18 heavy (non-hydrogen) atoms. The van der Waals surface area contributed by atoms with Crippen LogP contribution >= 0.6 is 23.2 Å². The van der Waals surface area contributed by atoms with Crippen LogP contribution in [0.1, 0.15) is 32.1 Å². The lowest BCUT2D eigenvalue weighted by Gasteiger charge is -2.34. The third kappa shape index (κ3) is 0.652. The molecule has 0 aromatic heterocycles. The number of hydrogen-bond donors (Lipinski definition) is 0. The molecule has 0 aliphatic heterocycles. The number of rotatable bonds is 0. The van der Waals surface area contributed by atoms with E-state index in [1.165, 1.54) is 12.8 Å². The molecule has 7 saturated carbocycles. The molecule has 0 amide bonds. The maximum atomic E-state index is 6.68. The Kier molecular flexibility index (Phi) is 1.13. The van der Waals surface area contributed by atoms with Crippen molar-refractivity contribution in [1.82, 2.24) is 0 Å². The van der Waals surface area contributed by atoms with Crippen LogP contribution < -0.4 is 0 Å². The van der Waals surface area contributed by atoms with Crippen LogP contribution in [0.4, 0.5) is 0 Å². The lowest BCUT2D eigenvalue weighted by Crippen LogP contribution is -2.32. The SMILES string of the molecule is ClC1(Cl)[C@@H]2[C@@H]3[C@H]4[C@@H]5C[C@@H]5[C@@H]([C@H]3C3(CC3)[C@H]21)C41CC1. The fourth-order valence-corrected chi connectivity index (χ4v) is 9.58. The number of halogens is 2. The zero-order valence-corrected chi connectivity index (χ0v) is 11.9. The van der Waals surface area contributed by atoms with Crippen molar-refractivity contribution < 1.29 is 0 Å². The van der Waals surface area contributed by atoms with E-state index in [-0.39, 0.29) is 4.33 Å². The summed E-state index contributed by atoms with van der Waals surface area (Å²) >= 11 is 13.4. The molecule has 0 N–H and O–H groups in total. The van der Waals surface area contributed by atoms with Crippen LogP contribution in [-0.4, -0.2) is 4.33 Å². The Morgan fingerprint density at radius 1 is 0.722 bits per heavy atom. The molecule has 0 aromatic rings. The lowest BCUT2D eigenvalue weighted by molar-refractivity contribution is 0.146.